The number of aromatic amines is 1. The molecule has 1 N–H and O–H groups in total. The monoisotopic (exact) mass is 329 g/mol. The molecule has 7 nitrogen and oxygen atoms in total. The Bertz CT molecular complexity index is 752. The van der Waals surface area contributed by atoms with E-state index in [9.17, 15) is 14.9 Å². The Hall–Kier alpha value is -2.70. The number of aromatic nitrogens is 2. The Morgan fingerprint density at radius 2 is 2.29 bits per heavy atom. The van der Waals surface area contributed by atoms with Crippen molar-refractivity contribution < 1.29 is 14.5 Å². The summed E-state index contributed by atoms with van der Waals surface area (Å²) in [7, 11) is 0. The molecule has 1 aliphatic carbocycles. The van der Waals surface area contributed by atoms with Crippen LogP contribution in [0.5, 0.6) is 0 Å². The minimum Gasteiger partial charge on any atom is -0.461 e. The van der Waals surface area contributed by atoms with Gasteiger partial charge in [-0.25, -0.2) is 9.78 Å². The van der Waals surface area contributed by atoms with Gasteiger partial charge in [0, 0.05) is 18.1 Å². The quantitative estimate of drug-likeness (QED) is 0.497. The van der Waals surface area contributed by atoms with Gasteiger partial charge in [0.05, 0.1) is 17.7 Å². The highest BCUT2D eigenvalue weighted by molar-refractivity contribution is 5.87. The van der Waals surface area contributed by atoms with Gasteiger partial charge in [0.2, 0.25) is 0 Å². The summed E-state index contributed by atoms with van der Waals surface area (Å²) in [5, 5.41) is 11.1. The number of esters is 1. The van der Waals surface area contributed by atoms with Gasteiger partial charge in [-0.15, -0.1) is 0 Å². The predicted octanol–water partition coefficient (Wildman–Crippen LogP) is 3.43. The van der Waals surface area contributed by atoms with Crippen LogP contribution in [0, 0.1) is 16.0 Å². The van der Waals surface area contributed by atoms with E-state index in [2.05, 4.69) is 9.97 Å². The van der Waals surface area contributed by atoms with Crippen LogP contribution < -0.4 is 0 Å². The van der Waals surface area contributed by atoms with Crippen LogP contribution in [0.1, 0.15) is 54.0 Å². The van der Waals surface area contributed by atoms with E-state index in [0.29, 0.717) is 24.0 Å². The molecule has 0 radical (unpaired) electrons. The molecule has 1 unspecified atom stereocenters. The third-order valence-electron chi connectivity index (χ3n) is 4.45. The summed E-state index contributed by atoms with van der Waals surface area (Å²) in [6.07, 6.45) is 4.70. The molecule has 2 aromatic rings. The number of H-pyrrole nitrogens is 1. The smallest absolute Gasteiger partial charge is 0.356 e. The fourth-order valence-corrected chi connectivity index (χ4v) is 3.07. The van der Waals surface area contributed by atoms with E-state index in [4.69, 9.17) is 4.74 Å². The number of hydrogen-bond acceptors (Lipinski definition) is 5. The lowest BCUT2D eigenvalue weighted by Crippen LogP contribution is -2.22. The van der Waals surface area contributed by atoms with Crippen LogP contribution in [0.25, 0.3) is 0 Å². The maximum absolute atomic E-state index is 11.8. The molecule has 1 aliphatic rings. The van der Waals surface area contributed by atoms with E-state index in [0.717, 1.165) is 24.8 Å². The maximum Gasteiger partial charge on any atom is 0.356 e. The van der Waals surface area contributed by atoms with Gasteiger partial charge in [0.1, 0.15) is 11.5 Å². The number of hydrogen-bond donors (Lipinski definition) is 1. The lowest BCUT2D eigenvalue weighted by molar-refractivity contribution is -0.384. The first-order valence-corrected chi connectivity index (χ1v) is 8.06. The zero-order valence-electron chi connectivity index (χ0n) is 13.4. The second-order valence-corrected chi connectivity index (χ2v) is 5.92. The normalized spacial score (nSPS) is 15.5. The van der Waals surface area contributed by atoms with Crippen LogP contribution in [0.3, 0.4) is 0 Å². The number of nitrogens with one attached hydrogen (secondary N) is 1. The number of carbonyl (C=O) groups excluding carboxylic acids is 1. The highest BCUT2D eigenvalue weighted by Gasteiger charge is 2.33. The fraction of sp³-hybridized carbons (Fsp3) is 0.412. The number of benzene rings is 1. The third-order valence-corrected chi connectivity index (χ3v) is 4.45. The molecule has 0 bridgehead atoms. The van der Waals surface area contributed by atoms with E-state index in [1.807, 2.05) is 6.07 Å². The van der Waals surface area contributed by atoms with E-state index in [-0.39, 0.29) is 11.6 Å². The van der Waals surface area contributed by atoms with Crippen molar-refractivity contribution in [3.05, 3.63) is 57.7 Å². The van der Waals surface area contributed by atoms with E-state index >= 15 is 0 Å². The van der Waals surface area contributed by atoms with Crippen LogP contribution in [0.15, 0.2) is 30.5 Å². The Balaban J connectivity index is 1.94. The number of rotatable bonds is 6. The summed E-state index contributed by atoms with van der Waals surface area (Å²) in [5.41, 5.74) is 1.22. The molecule has 126 valence electrons. The number of nitrogens with zero attached hydrogens (tertiary/aromatic N) is 2. The topological polar surface area (TPSA) is 98.1 Å². The van der Waals surface area contributed by atoms with Crippen molar-refractivity contribution in [2.75, 3.05) is 6.61 Å². The van der Waals surface area contributed by atoms with Crippen molar-refractivity contribution in [3.63, 3.8) is 0 Å². The van der Waals surface area contributed by atoms with Gasteiger partial charge in [0.25, 0.3) is 5.69 Å². The van der Waals surface area contributed by atoms with Crippen LogP contribution in [0.2, 0.25) is 0 Å². The second-order valence-electron chi connectivity index (χ2n) is 5.92. The van der Waals surface area contributed by atoms with Crippen LogP contribution in [-0.4, -0.2) is 27.5 Å². The first kappa shape index (κ1) is 16.2. The Labute approximate surface area is 139 Å². The molecule has 1 aromatic carbocycles. The number of non-ortho nitro benzene ring substituents is 1. The van der Waals surface area contributed by atoms with Gasteiger partial charge in [-0.3, -0.25) is 10.1 Å². The van der Waals surface area contributed by atoms with Crippen molar-refractivity contribution in [1.82, 2.24) is 9.97 Å². The van der Waals surface area contributed by atoms with Crippen LogP contribution in [0.4, 0.5) is 5.69 Å². The van der Waals surface area contributed by atoms with Gasteiger partial charge in [-0.2, -0.15) is 0 Å². The van der Waals surface area contributed by atoms with Crippen molar-refractivity contribution in [3.8, 4) is 0 Å². The van der Waals surface area contributed by atoms with Gasteiger partial charge < -0.3 is 9.72 Å². The Morgan fingerprint density at radius 3 is 2.92 bits per heavy atom. The number of nitro groups is 1. The zero-order chi connectivity index (χ0) is 17.1. The molecular weight excluding hydrogens is 310 g/mol. The summed E-state index contributed by atoms with van der Waals surface area (Å²) in [6.45, 7) is 2.04. The molecule has 3 rings (SSSR count). The molecule has 0 aliphatic heterocycles. The number of carbonyl (C=O) groups is 1. The number of ether oxygens (including phenoxy) is 1. The minimum absolute atomic E-state index is 0.0639. The standard InChI is InChI=1S/C17H19N3O4/c1-2-24-17(21)14-10-18-16(19-14)15(11-5-3-6-11)12-7-4-8-13(9-12)20(22)23/h4,7-11,15H,2-3,5-6H2,1H3,(H,18,19). The Kier molecular flexibility index (Phi) is 4.59. The molecule has 1 saturated carbocycles. The van der Waals surface area contributed by atoms with Gasteiger partial charge in [-0.05, 0) is 31.2 Å². The van der Waals surface area contributed by atoms with Crippen molar-refractivity contribution in [2.24, 2.45) is 5.92 Å². The summed E-state index contributed by atoms with van der Waals surface area (Å²) in [4.78, 5) is 29.9. The molecule has 1 atom stereocenters. The maximum atomic E-state index is 11.8. The lowest BCUT2D eigenvalue weighted by Gasteiger charge is -2.32. The summed E-state index contributed by atoms with van der Waals surface area (Å²) < 4.78 is 4.98. The molecular formula is C17H19N3O4. The molecule has 1 heterocycles. The fourth-order valence-electron chi connectivity index (χ4n) is 3.07. The van der Waals surface area contributed by atoms with Crippen molar-refractivity contribution in [2.45, 2.75) is 32.1 Å². The summed E-state index contributed by atoms with van der Waals surface area (Å²) in [5.74, 6) is 0.501. The van der Waals surface area contributed by atoms with E-state index < -0.39 is 10.9 Å². The SMILES string of the molecule is CCOC(=O)c1cnc(C(c2cccc([N+](=O)[O-])c2)C2CCC2)[nH]1. The first-order valence-electron chi connectivity index (χ1n) is 8.06. The van der Waals surface area contributed by atoms with Crippen LogP contribution in [-0.2, 0) is 4.74 Å². The predicted molar refractivity (Wildman–Crippen MR) is 86.8 cm³/mol. The van der Waals surface area contributed by atoms with E-state index in [1.165, 1.54) is 12.3 Å². The van der Waals surface area contributed by atoms with Gasteiger partial charge in [0.15, 0.2) is 0 Å². The average molecular weight is 329 g/mol. The van der Waals surface area contributed by atoms with Crippen LogP contribution >= 0.6 is 0 Å². The van der Waals surface area contributed by atoms with E-state index in [1.54, 1.807) is 19.1 Å². The molecule has 0 saturated heterocycles. The van der Waals surface area contributed by atoms with Crippen molar-refractivity contribution >= 4 is 11.7 Å². The molecule has 1 fully saturated rings. The minimum atomic E-state index is -0.442. The highest BCUT2D eigenvalue weighted by atomic mass is 16.6. The molecule has 7 heteroatoms. The average Bonchev–Trinajstić information content (AvgIpc) is 3.00. The molecule has 1 aromatic heterocycles. The zero-order valence-corrected chi connectivity index (χ0v) is 13.4. The lowest BCUT2D eigenvalue weighted by atomic mass is 9.72. The largest absolute Gasteiger partial charge is 0.461 e. The van der Waals surface area contributed by atoms with Gasteiger partial charge in [-0.1, -0.05) is 18.6 Å². The van der Waals surface area contributed by atoms with Crippen molar-refractivity contribution in [1.29, 1.82) is 0 Å². The first-order chi connectivity index (χ1) is 11.6. The Morgan fingerprint density at radius 1 is 1.50 bits per heavy atom. The second kappa shape index (κ2) is 6.82. The highest BCUT2D eigenvalue weighted by Crippen LogP contribution is 2.42. The third kappa shape index (κ3) is 3.15. The molecule has 0 amide bonds. The number of nitro benzene ring substituents is 1. The summed E-state index contributed by atoms with van der Waals surface area (Å²) in [6, 6.07) is 6.64. The van der Waals surface area contributed by atoms with Gasteiger partial charge >= 0.3 is 5.97 Å². The summed E-state index contributed by atoms with van der Waals surface area (Å²) >= 11 is 0. The number of imidazole rings is 1. The molecule has 24 heavy (non-hydrogen) atoms. The molecule has 0 spiro atoms.